The predicted octanol–water partition coefficient (Wildman–Crippen LogP) is 4.10. The van der Waals surface area contributed by atoms with Gasteiger partial charge in [-0.05, 0) is 29.8 Å². The van der Waals surface area contributed by atoms with Gasteiger partial charge in [0.1, 0.15) is 5.82 Å². The molecule has 0 fully saturated rings. The van der Waals surface area contributed by atoms with Crippen molar-refractivity contribution in [2.45, 2.75) is 19.5 Å². The van der Waals surface area contributed by atoms with Gasteiger partial charge in [0.15, 0.2) is 5.15 Å². The van der Waals surface area contributed by atoms with E-state index in [9.17, 15) is 9.18 Å². The molecule has 4 rings (SSSR count). The fourth-order valence-corrected chi connectivity index (χ4v) is 3.23. The molecule has 2 aromatic heterocycles. The van der Waals surface area contributed by atoms with Gasteiger partial charge in [0, 0.05) is 18.0 Å². The third-order valence-corrected chi connectivity index (χ3v) is 4.62. The maximum absolute atomic E-state index is 13.0. The van der Waals surface area contributed by atoms with E-state index in [-0.39, 0.29) is 18.1 Å². The van der Waals surface area contributed by atoms with Crippen LogP contribution >= 0.6 is 11.6 Å². The lowest BCUT2D eigenvalue weighted by atomic mass is 10.2. The average Bonchev–Trinajstić information content (AvgIpc) is 3.26. The average molecular weight is 398 g/mol. The minimum atomic E-state index is -0.275. The zero-order chi connectivity index (χ0) is 19.5. The number of nitrogens with one attached hydrogen (secondary N) is 1. The standard InChI is InChI=1S/C20H17ClFN5O/c21-20-17-3-1-2-4-18(17)27(25-20)10-9-19(28)24-16-11-23-26(13-16)12-14-5-7-15(22)8-6-14/h1-8,11,13H,9-10,12H2,(H,24,28). The number of amides is 1. The highest BCUT2D eigenvalue weighted by Gasteiger charge is 2.10. The molecule has 0 bridgehead atoms. The molecule has 1 amide bonds. The molecule has 0 radical (unpaired) electrons. The molecular weight excluding hydrogens is 381 g/mol. The smallest absolute Gasteiger partial charge is 0.226 e. The van der Waals surface area contributed by atoms with Crippen molar-refractivity contribution < 1.29 is 9.18 Å². The second-order valence-electron chi connectivity index (χ2n) is 6.38. The Balaban J connectivity index is 1.35. The van der Waals surface area contributed by atoms with Crippen molar-refractivity contribution in [1.82, 2.24) is 19.6 Å². The van der Waals surface area contributed by atoms with Crippen LogP contribution in [0.1, 0.15) is 12.0 Å². The molecule has 2 heterocycles. The summed E-state index contributed by atoms with van der Waals surface area (Å²) in [7, 11) is 0. The van der Waals surface area contributed by atoms with Gasteiger partial charge in [-0.25, -0.2) is 4.39 Å². The number of benzene rings is 2. The van der Waals surface area contributed by atoms with Crippen molar-refractivity contribution in [1.29, 1.82) is 0 Å². The van der Waals surface area contributed by atoms with E-state index >= 15 is 0 Å². The minimum absolute atomic E-state index is 0.142. The number of para-hydroxylation sites is 1. The van der Waals surface area contributed by atoms with Crippen LogP contribution in [0.15, 0.2) is 60.9 Å². The van der Waals surface area contributed by atoms with Gasteiger partial charge in [0.25, 0.3) is 0 Å². The first-order valence-electron chi connectivity index (χ1n) is 8.76. The van der Waals surface area contributed by atoms with Gasteiger partial charge < -0.3 is 5.32 Å². The normalized spacial score (nSPS) is 11.1. The van der Waals surface area contributed by atoms with Gasteiger partial charge in [-0.2, -0.15) is 10.2 Å². The highest BCUT2D eigenvalue weighted by atomic mass is 35.5. The lowest BCUT2D eigenvalue weighted by Gasteiger charge is -2.04. The lowest BCUT2D eigenvalue weighted by molar-refractivity contribution is -0.116. The number of rotatable bonds is 6. The first-order valence-corrected chi connectivity index (χ1v) is 9.14. The number of halogens is 2. The summed E-state index contributed by atoms with van der Waals surface area (Å²) in [5.41, 5.74) is 2.42. The van der Waals surface area contributed by atoms with E-state index in [1.807, 2.05) is 24.3 Å². The zero-order valence-corrected chi connectivity index (χ0v) is 15.6. The van der Waals surface area contributed by atoms with Crippen LogP contribution in [0, 0.1) is 5.82 Å². The molecular formula is C20H17ClFN5O. The second-order valence-corrected chi connectivity index (χ2v) is 6.74. The molecule has 0 aliphatic rings. The van der Waals surface area contributed by atoms with Crippen molar-refractivity contribution >= 4 is 34.1 Å². The van der Waals surface area contributed by atoms with Gasteiger partial charge in [-0.1, -0.05) is 35.9 Å². The fraction of sp³-hybridized carbons (Fsp3) is 0.150. The molecule has 0 atom stereocenters. The summed E-state index contributed by atoms with van der Waals surface area (Å²) in [6, 6.07) is 13.9. The first kappa shape index (κ1) is 18.2. The first-order chi connectivity index (χ1) is 13.6. The maximum Gasteiger partial charge on any atom is 0.226 e. The molecule has 6 nitrogen and oxygen atoms in total. The van der Waals surface area contributed by atoms with E-state index in [1.165, 1.54) is 12.1 Å². The number of hydrogen-bond donors (Lipinski definition) is 1. The summed E-state index contributed by atoms with van der Waals surface area (Å²) in [6.45, 7) is 0.913. The molecule has 2 aromatic carbocycles. The molecule has 8 heteroatoms. The van der Waals surface area contributed by atoms with Crippen LogP contribution in [-0.2, 0) is 17.9 Å². The van der Waals surface area contributed by atoms with Crippen LogP contribution in [0.4, 0.5) is 10.1 Å². The number of carbonyl (C=O) groups excluding carboxylic acids is 1. The molecule has 0 aliphatic carbocycles. The van der Waals surface area contributed by atoms with E-state index in [1.54, 1.807) is 33.9 Å². The van der Waals surface area contributed by atoms with Crippen LogP contribution in [0.2, 0.25) is 5.15 Å². The third-order valence-electron chi connectivity index (χ3n) is 4.34. The summed E-state index contributed by atoms with van der Waals surface area (Å²) < 4.78 is 16.4. The van der Waals surface area contributed by atoms with Crippen LogP contribution < -0.4 is 5.32 Å². The number of nitrogens with zero attached hydrogens (tertiary/aromatic N) is 4. The third kappa shape index (κ3) is 4.04. The van der Waals surface area contributed by atoms with Crippen LogP contribution in [0.25, 0.3) is 10.9 Å². The Hall–Kier alpha value is -3.19. The van der Waals surface area contributed by atoms with E-state index in [2.05, 4.69) is 15.5 Å². The van der Waals surface area contributed by atoms with E-state index in [0.717, 1.165) is 16.5 Å². The van der Waals surface area contributed by atoms with E-state index in [4.69, 9.17) is 11.6 Å². The Morgan fingerprint density at radius 1 is 1.14 bits per heavy atom. The molecule has 142 valence electrons. The van der Waals surface area contributed by atoms with E-state index < -0.39 is 0 Å². The lowest BCUT2D eigenvalue weighted by Crippen LogP contribution is -2.14. The van der Waals surface area contributed by atoms with Gasteiger partial charge in [0.2, 0.25) is 5.91 Å². The Morgan fingerprint density at radius 3 is 2.75 bits per heavy atom. The van der Waals surface area contributed by atoms with Crippen LogP contribution in [0.3, 0.4) is 0 Å². The molecule has 0 saturated heterocycles. The number of anilines is 1. The number of fused-ring (bicyclic) bond motifs is 1. The Labute approximate surface area is 165 Å². The Kier molecular flexibility index (Phi) is 5.08. The molecule has 0 aliphatic heterocycles. The SMILES string of the molecule is O=C(CCn1nc(Cl)c2ccccc21)Nc1cnn(Cc2ccc(F)cc2)c1. The summed E-state index contributed by atoms with van der Waals surface area (Å²) in [5, 5.41) is 12.6. The highest BCUT2D eigenvalue weighted by molar-refractivity contribution is 6.34. The quantitative estimate of drug-likeness (QED) is 0.532. The largest absolute Gasteiger partial charge is 0.323 e. The molecule has 0 saturated carbocycles. The fourth-order valence-electron chi connectivity index (χ4n) is 2.98. The minimum Gasteiger partial charge on any atom is -0.323 e. The Morgan fingerprint density at radius 2 is 1.93 bits per heavy atom. The summed E-state index contributed by atoms with van der Waals surface area (Å²) >= 11 is 6.14. The van der Waals surface area contributed by atoms with Gasteiger partial charge in [0.05, 0.1) is 30.5 Å². The van der Waals surface area contributed by atoms with Crippen molar-refractivity contribution in [3.63, 3.8) is 0 Å². The number of hydrogen-bond acceptors (Lipinski definition) is 3. The molecule has 4 aromatic rings. The maximum atomic E-state index is 13.0. The molecule has 0 spiro atoms. The summed E-state index contributed by atoms with van der Waals surface area (Å²) in [5.74, 6) is -0.416. The number of carbonyl (C=O) groups is 1. The topological polar surface area (TPSA) is 64.7 Å². The van der Waals surface area contributed by atoms with Crippen molar-refractivity contribution in [3.05, 3.63) is 77.5 Å². The second kappa shape index (κ2) is 7.82. The van der Waals surface area contributed by atoms with Gasteiger partial charge >= 0.3 is 0 Å². The van der Waals surface area contributed by atoms with Gasteiger partial charge in [-0.3, -0.25) is 14.2 Å². The van der Waals surface area contributed by atoms with Gasteiger partial charge in [-0.15, -0.1) is 0 Å². The molecule has 28 heavy (non-hydrogen) atoms. The predicted molar refractivity (Wildman–Crippen MR) is 106 cm³/mol. The summed E-state index contributed by atoms with van der Waals surface area (Å²) in [4.78, 5) is 12.3. The van der Waals surface area contributed by atoms with Crippen molar-refractivity contribution in [2.24, 2.45) is 0 Å². The van der Waals surface area contributed by atoms with Crippen molar-refractivity contribution in [2.75, 3.05) is 5.32 Å². The van der Waals surface area contributed by atoms with Crippen LogP contribution in [-0.4, -0.2) is 25.5 Å². The number of aryl methyl sites for hydroxylation is 1. The Bertz CT molecular complexity index is 1120. The van der Waals surface area contributed by atoms with E-state index in [0.29, 0.717) is 23.9 Å². The summed E-state index contributed by atoms with van der Waals surface area (Å²) in [6.07, 6.45) is 3.58. The molecule has 1 N–H and O–H groups in total. The van der Waals surface area contributed by atoms with Crippen molar-refractivity contribution in [3.8, 4) is 0 Å². The number of aromatic nitrogens is 4. The highest BCUT2D eigenvalue weighted by Crippen LogP contribution is 2.22. The monoisotopic (exact) mass is 397 g/mol. The molecule has 0 unspecified atom stereocenters. The van der Waals surface area contributed by atoms with Crippen LogP contribution in [0.5, 0.6) is 0 Å². The zero-order valence-electron chi connectivity index (χ0n) is 14.8.